The number of ether oxygens (including phenoxy) is 3. The van der Waals surface area contributed by atoms with E-state index in [2.05, 4.69) is 16.3 Å². The zero-order valence-electron chi connectivity index (χ0n) is 24.5. The highest BCUT2D eigenvalue weighted by Gasteiger charge is 2.29. The zero-order valence-corrected chi connectivity index (χ0v) is 25.2. The SMILES string of the molecule is CCOC(=O)Cc1cccc2c1OC(c1cc(-c3cccc(CNC(=O)OC(C)(C)C)c3Cl)c3occc3c1)CN2C. The quantitative estimate of drug-likeness (QED) is 0.223. The van der Waals surface area contributed by atoms with Gasteiger partial charge in [0.1, 0.15) is 23.0 Å². The van der Waals surface area contributed by atoms with Gasteiger partial charge in [-0.05, 0) is 63.1 Å². The largest absolute Gasteiger partial charge is 0.481 e. The molecule has 1 aromatic heterocycles. The highest BCUT2D eigenvalue weighted by Crippen LogP contribution is 2.43. The van der Waals surface area contributed by atoms with Crippen LogP contribution in [-0.2, 0) is 27.2 Å². The number of amides is 1. The molecule has 0 fully saturated rings. The first kappa shape index (κ1) is 29.3. The average molecular weight is 591 g/mol. The minimum atomic E-state index is -0.601. The van der Waals surface area contributed by atoms with Gasteiger partial charge in [-0.15, -0.1) is 0 Å². The Hall–Kier alpha value is -4.17. The third-order valence-corrected chi connectivity index (χ3v) is 7.41. The number of furan rings is 1. The second kappa shape index (κ2) is 12.0. The molecule has 1 aliphatic rings. The topological polar surface area (TPSA) is 90.2 Å². The molecule has 0 saturated carbocycles. The molecule has 9 heteroatoms. The number of hydrogen-bond acceptors (Lipinski definition) is 7. The van der Waals surface area contributed by atoms with Gasteiger partial charge in [-0.3, -0.25) is 4.79 Å². The van der Waals surface area contributed by atoms with Gasteiger partial charge in [0.25, 0.3) is 0 Å². The number of benzene rings is 3. The Labute approximate surface area is 250 Å². The van der Waals surface area contributed by atoms with Gasteiger partial charge >= 0.3 is 12.1 Å². The number of esters is 1. The number of nitrogens with one attached hydrogen (secondary N) is 1. The first-order chi connectivity index (χ1) is 20.0. The summed E-state index contributed by atoms with van der Waals surface area (Å²) in [4.78, 5) is 26.7. The van der Waals surface area contributed by atoms with Gasteiger partial charge in [0.05, 0.1) is 36.5 Å². The molecule has 5 rings (SSSR count). The lowest BCUT2D eigenvalue weighted by Crippen LogP contribution is -2.32. The Morgan fingerprint density at radius 3 is 2.60 bits per heavy atom. The summed E-state index contributed by atoms with van der Waals surface area (Å²) >= 11 is 6.93. The number of likely N-dealkylation sites (N-methyl/N-ethyl adjacent to an activating group) is 1. The van der Waals surface area contributed by atoms with Crippen LogP contribution < -0.4 is 15.0 Å². The lowest BCUT2D eigenvalue weighted by molar-refractivity contribution is -0.142. The van der Waals surface area contributed by atoms with Crippen molar-refractivity contribution in [3.05, 3.63) is 82.6 Å². The molecular weight excluding hydrogens is 556 g/mol. The Bertz CT molecular complexity index is 1620. The van der Waals surface area contributed by atoms with Crippen molar-refractivity contribution in [3.8, 4) is 16.9 Å². The number of halogens is 1. The van der Waals surface area contributed by atoms with Crippen LogP contribution in [0.25, 0.3) is 22.1 Å². The summed E-state index contributed by atoms with van der Waals surface area (Å²) in [5.41, 5.74) is 5.07. The molecule has 0 aliphatic carbocycles. The molecule has 0 spiro atoms. The fraction of sp³-hybridized carbons (Fsp3) is 0.333. The van der Waals surface area contributed by atoms with Crippen molar-refractivity contribution < 1.29 is 28.2 Å². The van der Waals surface area contributed by atoms with Crippen molar-refractivity contribution in [1.29, 1.82) is 0 Å². The molecule has 0 radical (unpaired) electrons. The van der Waals surface area contributed by atoms with Crippen LogP contribution in [0, 0.1) is 0 Å². The molecular formula is C33H35ClN2O6. The molecule has 8 nitrogen and oxygen atoms in total. The second-order valence-corrected chi connectivity index (χ2v) is 11.7. The zero-order chi connectivity index (χ0) is 30.0. The van der Waals surface area contributed by atoms with E-state index in [9.17, 15) is 9.59 Å². The Morgan fingerprint density at radius 1 is 1.07 bits per heavy atom. The smallest absolute Gasteiger partial charge is 0.407 e. The van der Waals surface area contributed by atoms with Crippen LogP contribution in [0.5, 0.6) is 5.75 Å². The molecule has 220 valence electrons. The first-order valence-corrected chi connectivity index (χ1v) is 14.3. The summed E-state index contributed by atoms with van der Waals surface area (Å²) in [6.07, 6.45) is 0.948. The van der Waals surface area contributed by atoms with Crippen LogP contribution in [0.2, 0.25) is 5.02 Å². The van der Waals surface area contributed by atoms with Crippen molar-refractivity contribution in [2.75, 3.05) is 25.1 Å². The maximum absolute atomic E-state index is 12.3. The van der Waals surface area contributed by atoms with Crippen molar-refractivity contribution in [2.45, 2.75) is 52.4 Å². The van der Waals surface area contributed by atoms with Crippen molar-refractivity contribution in [1.82, 2.24) is 5.32 Å². The average Bonchev–Trinajstić information content (AvgIpc) is 3.41. The van der Waals surface area contributed by atoms with E-state index < -0.39 is 11.7 Å². The molecule has 4 aromatic rings. The van der Waals surface area contributed by atoms with E-state index in [0.29, 0.717) is 29.5 Å². The molecule has 1 aliphatic heterocycles. The van der Waals surface area contributed by atoms with Gasteiger partial charge in [0, 0.05) is 35.7 Å². The van der Waals surface area contributed by atoms with Crippen LogP contribution in [0.15, 0.2) is 65.3 Å². The van der Waals surface area contributed by atoms with Gasteiger partial charge in [-0.25, -0.2) is 4.79 Å². The van der Waals surface area contributed by atoms with E-state index in [-0.39, 0.29) is 25.0 Å². The summed E-state index contributed by atoms with van der Waals surface area (Å²) in [5.74, 6) is 0.378. The first-order valence-electron chi connectivity index (χ1n) is 13.9. The number of fused-ring (bicyclic) bond motifs is 2. The molecule has 42 heavy (non-hydrogen) atoms. The third-order valence-electron chi connectivity index (χ3n) is 6.96. The Balaban J connectivity index is 1.48. The van der Waals surface area contributed by atoms with E-state index in [1.807, 2.05) is 76.3 Å². The molecule has 1 N–H and O–H groups in total. The number of carbonyl (C=O) groups is 2. The minimum absolute atomic E-state index is 0.128. The van der Waals surface area contributed by atoms with Gasteiger partial charge in [-0.2, -0.15) is 0 Å². The number of anilines is 1. The number of hydrogen-bond donors (Lipinski definition) is 1. The molecule has 1 atom stereocenters. The van der Waals surface area contributed by atoms with E-state index in [1.165, 1.54) is 0 Å². The highest BCUT2D eigenvalue weighted by molar-refractivity contribution is 6.34. The molecule has 0 bridgehead atoms. The lowest BCUT2D eigenvalue weighted by atomic mass is 9.95. The summed E-state index contributed by atoms with van der Waals surface area (Å²) in [6, 6.07) is 17.5. The van der Waals surface area contributed by atoms with E-state index in [4.69, 9.17) is 30.2 Å². The van der Waals surface area contributed by atoms with Crippen molar-refractivity contribution in [3.63, 3.8) is 0 Å². The predicted octanol–water partition coefficient (Wildman–Crippen LogP) is 7.45. The Kier molecular flexibility index (Phi) is 8.36. The number of nitrogens with zero attached hydrogens (tertiary/aromatic N) is 1. The standard InChI is InChI=1S/C33H35ClN2O6/c1-6-39-28(37)17-20-9-8-12-26-31(20)41-27(19-36(26)5)23-15-21-13-14-40-30(21)25(16-23)24-11-7-10-22(29(24)34)18-35-32(38)42-33(2,3)4/h7-16,27H,6,17-19H2,1-5H3,(H,35,38). The highest BCUT2D eigenvalue weighted by atomic mass is 35.5. The maximum atomic E-state index is 12.3. The van der Waals surface area contributed by atoms with E-state index >= 15 is 0 Å². The van der Waals surface area contributed by atoms with Crippen LogP contribution in [0.1, 0.15) is 50.5 Å². The Morgan fingerprint density at radius 2 is 1.83 bits per heavy atom. The van der Waals surface area contributed by atoms with E-state index in [0.717, 1.165) is 38.9 Å². The van der Waals surface area contributed by atoms with Crippen LogP contribution in [-0.4, -0.2) is 37.9 Å². The minimum Gasteiger partial charge on any atom is -0.481 e. The lowest BCUT2D eigenvalue weighted by Gasteiger charge is -2.35. The number of rotatable bonds is 7. The van der Waals surface area contributed by atoms with E-state index in [1.54, 1.807) is 13.2 Å². The third kappa shape index (κ3) is 6.34. The number of alkyl carbamates (subject to hydrolysis) is 1. The second-order valence-electron chi connectivity index (χ2n) is 11.3. The summed E-state index contributed by atoms with van der Waals surface area (Å²) < 4.78 is 23.1. The predicted molar refractivity (Wildman–Crippen MR) is 163 cm³/mol. The van der Waals surface area contributed by atoms with Gasteiger partial charge in [-0.1, -0.05) is 41.9 Å². The van der Waals surface area contributed by atoms with Crippen LogP contribution in [0.3, 0.4) is 0 Å². The monoisotopic (exact) mass is 590 g/mol. The van der Waals surface area contributed by atoms with Crippen LogP contribution in [0.4, 0.5) is 10.5 Å². The fourth-order valence-corrected chi connectivity index (χ4v) is 5.41. The van der Waals surface area contributed by atoms with Gasteiger partial charge in [0.2, 0.25) is 0 Å². The summed E-state index contributed by atoms with van der Waals surface area (Å²) in [7, 11) is 2.01. The summed E-state index contributed by atoms with van der Waals surface area (Å²) in [6.45, 7) is 8.37. The van der Waals surface area contributed by atoms with Crippen LogP contribution >= 0.6 is 11.6 Å². The van der Waals surface area contributed by atoms with Gasteiger partial charge < -0.3 is 28.8 Å². The van der Waals surface area contributed by atoms with Crippen molar-refractivity contribution >= 4 is 40.3 Å². The van der Waals surface area contributed by atoms with Gasteiger partial charge in [0.15, 0.2) is 0 Å². The fourth-order valence-electron chi connectivity index (χ4n) is 5.11. The molecule has 1 amide bonds. The number of para-hydroxylation sites is 1. The number of carbonyl (C=O) groups excluding carboxylic acids is 2. The molecule has 0 saturated heterocycles. The molecule has 3 aromatic carbocycles. The molecule has 2 heterocycles. The van der Waals surface area contributed by atoms with Crippen molar-refractivity contribution in [2.24, 2.45) is 0 Å². The maximum Gasteiger partial charge on any atom is 0.407 e. The summed E-state index contributed by atoms with van der Waals surface area (Å²) in [5, 5.41) is 4.20. The normalized spacial score (nSPS) is 14.7. The molecule has 1 unspecified atom stereocenters.